The van der Waals surface area contributed by atoms with Crippen LogP contribution in [0.25, 0.3) is 0 Å². The lowest BCUT2D eigenvalue weighted by Crippen LogP contribution is -2.38. The molecule has 0 aliphatic carbocycles. The molecule has 0 bridgehead atoms. The number of benzene rings is 1. The highest BCUT2D eigenvalue weighted by Gasteiger charge is 2.08. The molecule has 0 atom stereocenters. The van der Waals surface area contributed by atoms with Crippen molar-refractivity contribution in [1.29, 1.82) is 0 Å². The molecule has 0 aliphatic heterocycles. The van der Waals surface area contributed by atoms with E-state index in [4.69, 9.17) is 4.74 Å². The summed E-state index contributed by atoms with van der Waals surface area (Å²) in [5.41, 5.74) is 2.11. The molecule has 9 heteroatoms. The van der Waals surface area contributed by atoms with Gasteiger partial charge in [-0.2, -0.15) is 5.10 Å². The van der Waals surface area contributed by atoms with Gasteiger partial charge in [-0.15, -0.1) is 0 Å². The van der Waals surface area contributed by atoms with Crippen LogP contribution in [0.1, 0.15) is 18.1 Å². The molecular formula is C17H24N6O3. The molecule has 0 radical (unpaired) electrons. The normalized spacial score (nSPS) is 11.3. The first-order valence-electron chi connectivity index (χ1n) is 8.36. The molecule has 0 saturated heterocycles. The van der Waals surface area contributed by atoms with E-state index < -0.39 is 4.92 Å². The van der Waals surface area contributed by atoms with Crippen molar-refractivity contribution < 1.29 is 9.66 Å². The maximum absolute atomic E-state index is 10.7. The quantitative estimate of drug-likeness (QED) is 0.322. The van der Waals surface area contributed by atoms with Crippen molar-refractivity contribution in [2.24, 2.45) is 4.99 Å². The molecule has 0 aliphatic rings. The van der Waals surface area contributed by atoms with E-state index in [-0.39, 0.29) is 5.69 Å². The first-order chi connectivity index (χ1) is 12.5. The molecule has 0 fully saturated rings. The van der Waals surface area contributed by atoms with E-state index in [0.717, 1.165) is 23.4 Å². The minimum Gasteiger partial charge on any atom is -0.496 e. The van der Waals surface area contributed by atoms with Crippen LogP contribution in [0.5, 0.6) is 5.75 Å². The highest BCUT2D eigenvalue weighted by Crippen LogP contribution is 2.20. The molecule has 26 heavy (non-hydrogen) atoms. The van der Waals surface area contributed by atoms with Crippen LogP contribution in [0.3, 0.4) is 0 Å². The number of nitrogens with zero attached hydrogens (tertiary/aromatic N) is 4. The number of ether oxygens (including phenoxy) is 1. The van der Waals surface area contributed by atoms with Crippen molar-refractivity contribution in [3.05, 3.63) is 51.8 Å². The van der Waals surface area contributed by atoms with Crippen LogP contribution in [0.4, 0.5) is 5.69 Å². The lowest BCUT2D eigenvalue weighted by Gasteiger charge is -2.12. The lowest BCUT2D eigenvalue weighted by atomic mass is 10.1. The highest BCUT2D eigenvalue weighted by molar-refractivity contribution is 5.79. The second kappa shape index (κ2) is 9.40. The van der Waals surface area contributed by atoms with Crippen molar-refractivity contribution in [3.8, 4) is 5.75 Å². The van der Waals surface area contributed by atoms with Gasteiger partial charge in [-0.05, 0) is 25.5 Å². The molecule has 140 valence electrons. The number of hydrogen-bond donors (Lipinski definition) is 2. The van der Waals surface area contributed by atoms with E-state index in [1.807, 2.05) is 32.0 Å². The van der Waals surface area contributed by atoms with Gasteiger partial charge in [-0.1, -0.05) is 12.1 Å². The van der Waals surface area contributed by atoms with Crippen molar-refractivity contribution in [1.82, 2.24) is 20.4 Å². The van der Waals surface area contributed by atoms with Gasteiger partial charge in [0.2, 0.25) is 0 Å². The molecule has 0 unspecified atom stereocenters. The Morgan fingerprint density at radius 2 is 2.23 bits per heavy atom. The monoisotopic (exact) mass is 360 g/mol. The van der Waals surface area contributed by atoms with E-state index in [1.54, 1.807) is 7.11 Å². The average molecular weight is 360 g/mol. The van der Waals surface area contributed by atoms with Crippen LogP contribution in [-0.4, -0.2) is 40.9 Å². The molecular weight excluding hydrogens is 336 g/mol. The van der Waals surface area contributed by atoms with Gasteiger partial charge in [0, 0.05) is 18.7 Å². The summed E-state index contributed by atoms with van der Waals surface area (Å²) in [6, 6.07) is 6.01. The number of guanidine groups is 1. The van der Waals surface area contributed by atoms with Gasteiger partial charge in [-0.25, -0.2) is 4.99 Å². The Bertz CT molecular complexity index is 772. The Balaban J connectivity index is 1.94. The number of nitrogens with one attached hydrogen (secondary N) is 2. The summed E-state index contributed by atoms with van der Waals surface area (Å²) in [6.45, 7) is 6.24. The molecule has 0 amide bonds. The number of aliphatic imine (C=N–C) groups is 1. The van der Waals surface area contributed by atoms with Crippen molar-refractivity contribution in [2.45, 2.75) is 26.9 Å². The summed E-state index contributed by atoms with van der Waals surface area (Å²) in [4.78, 5) is 14.8. The van der Waals surface area contributed by atoms with Crippen LogP contribution >= 0.6 is 0 Å². The number of nitro groups is 1. The fourth-order valence-electron chi connectivity index (χ4n) is 2.35. The zero-order valence-corrected chi connectivity index (χ0v) is 15.2. The van der Waals surface area contributed by atoms with Gasteiger partial charge in [0.25, 0.3) is 0 Å². The van der Waals surface area contributed by atoms with Crippen molar-refractivity contribution in [2.75, 3.05) is 20.2 Å². The number of aryl methyl sites for hydroxylation is 1. The summed E-state index contributed by atoms with van der Waals surface area (Å²) < 4.78 is 6.93. The number of hydrogen-bond acceptors (Lipinski definition) is 5. The SMILES string of the molecule is CCNC(=NCc1ccc(C)cc1OC)NCCn1cc([N+](=O)[O-])cn1. The predicted octanol–water partition coefficient (Wildman–Crippen LogP) is 1.86. The van der Waals surface area contributed by atoms with Crippen LogP contribution in [0.15, 0.2) is 35.6 Å². The van der Waals surface area contributed by atoms with Crippen LogP contribution in [-0.2, 0) is 13.1 Å². The first-order valence-corrected chi connectivity index (χ1v) is 8.36. The number of aromatic nitrogens is 2. The zero-order valence-electron chi connectivity index (χ0n) is 15.2. The van der Waals surface area contributed by atoms with Gasteiger partial charge in [0.15, 0.2) is 5.96 Å². The van der Waals surface area contributed by atoms with Gasteiger partial charge in [0.1, 0.15) is 18.1 Å². The third-order valence-corrected chi connectivity index (χ3v) is 3.66. The highest BCUT2D eigenvalue weighted by atomic mass is 16.6. The molecule has 1 aromatic carbocycles. The molecule has 2 N–H and O–H groups in total. The van der Waals surface area contributed by atoms with Gasteiger partial charge >= 0.3 is 5.69 Å². The maximum Gasteiger partial charge on any atom is 0.306 e. The van der Waals surface area contributed by atoms with E-state index >= 15 is 0 Å². The third kappa shape index (κ3) is 5.47. The fourth-order valence-corrected chi connectivity index (χ4v) is 2.35. The Morgan fingerprint density at radius 1 is 1.42 bits per heavy atom. The van der Waals surface area contributed by atoms with Crippen LogP contribution < -0.4 is 15.4 Å². The predicted molar refractivity (Wildman–Crippen MR) is 99.4 cm³/mol. The second-order valence-electron chi connectivity index (χ2n) is 5.66. The summed E-state index contributed by atoms with van der Waals surface area (Å²) >= 11 is 0. The summed E-state index contributed by atoms with van der Waals surface area (Å²) in [7, 11) is 1.65. The number of rotatable bonds is 8. The lowest BCUT2D eigenvalue weighted by molar-refractivity contribution is -0.385. The van der Waals surface area contributed by atoms with E-state index in [2.05, 4.69) is 20.7 Å². The fraction of sp³-hybridized carbons (Fsp3) is 0.412. The Kier molecular flexibility index (Phi) is 6.95. The van der Waals surface area contributed by atoms with Crippen LogP contribution in [0.2, 0.25) is 0 Å². The summed E-state index contributed by atoms with van der Waals surface area (Å²) in [6.07, 6.45) is 2.64. The minimum atomic E-state index is -0.461. The standard InChI is InChI=1S/C17H24N6O3/c1-4-18-17(19-7-8-22-12-15(11-21-22)23(24)25)20-10-14-6-5-13(2)9-16(14)26-3/h5-6,9,11-12H,4,7-8,10H2,1-3H3,(H2,18,19,20). The average Bonchev–Trinajstić information content (AvgIpc) is 3.09. The first kappa shape index (κ1) is 19.2. The van der Waals surface area contributed by atoms with Gasteiger partial charge in [0.05, 0.1) is 25.1 Å². The van der Waals surface area contributed by atoms with Gasteiger partial charge < -0.3 is 15.4 Å². The maximum atomic E-state index is 10.7. The van der Waals surface area contributed by atoms with Crippen molar-refractivity contribution in [3.63, 3.8) is 0 Å². The molecule has 2 aromatic rings. The molecule has 1 heterocycles. The third-order valence-electron chi connectivity index (χ3n) is 3.66. The Labute approximate surface area is 152 Å². The summed E-state index contributed by atoms with van der Waals surface area (Å²) in [5.74, 6) is 1.48. The number of methoxy groups -OCH3 is 1. The molecule has 2 rings (SSSR count). The smallest absolute Gasteiger partial charge is 0.306 e. The van der Waals surface area contributed by atoms with E-state index in [9.17, 15) is 10.1 Å². The van der Waals surface area contributed by atoms with Gasteiger partial charge in [-0.3, -0.25) is 14.8 Å². The molecule has 0 spiro atoms. The largest absolute Gasteiger partial charge is 0.496 e. The van der Waals surface area contributed by atoms with Crippen LogP contribution in [0, 0.1) is 17.0 Å². The Hall–Kier alpha value is -3.10. The molecule has 0 saturated carbocycles. The minimum absolute atomic E-state index is 0.0166. The molecule has 1 aromatic heterocycles. The molecule has 9 nitrogen and oxygen atoms in total. The Morgan fingerprint density at radius 3 is 2.88 bits per heavy atom. The second-order valence-corrected chi connectivity index (χ2v) is 5.66. The topological polar surface area (TPSA) is 107 Å². The van der Waals surface area contributed by atoms with E-state index in [0.29, 0.717) is 25.6 Å². The van der Waals surface area contributed by atoms with E-state index in [1.165, 1.54) is 17.1 Å². The zero-order chi connectivity index (χ0) is 18.9. The van der Waals surface area contributed by atoms with Crippen molar-refractivity contribution >= 4 is 11.6 Å². The summed E-state index contributed by atoms with van der Waals surface area (Å²) in [5, 5.41) is 21.0.